The second-order valence-corrected chi connectivity index (χ2v) is 19.7. The van der Waals surface area contributed by atoms with Crippen LogP contribution < -0.4 is 24.8 Å². The average Bonchev–Trinajstić information content (AvgIpc) is 3.82. The molecule has 1 saturated carbocycles. The Bertz CT molecular complexity index is 2200. The zero-order valence-electron chi connectivity index (χ0n) is 33.5. The number of pyridine rings is 2. The van der Waals surface area contributed by atoms with E-state index in [2.05, 4.69) is 32.2 Å². The van der Waals surface area contributed by atoms with Crippen LogP contribution in [0.1, 0.15) is 96.7 Å². The number of sulfonamides is 1. The predicted molar refractivity (Wildman–Crippen MR) is 209 cm³/mol. The van der Waals surface area contributed by atoms with Gasteiger partial charge in [-0.15, -0.1) is 0 Å². The van der Waals surface area contributed by atoms with E-state index in [0.29, 0.717) is 73.3 Å². The van der Waals surface area contributed by atoms with Gasteiger partial charge >= 0.3 is 6.09 Å². The Morgan fingerprint density at radius 3 is 2.58 bits per heavy atom. The Hall–Kier alpha value is -4.91. The number of aryl methyl sites for hydroxylation is 2. The monoisotopic (exact) mass is 804 g/mol. The fraction of sp³-hybridized carbons (Fsp3) is 0.610. The molecule has 5 aliphatic rings. The number of nitrogens with one attached hydrogen (secondary N) is 3. The maximum Gasteiger partial charge on any atom is 0.407 e. The molecular formula is C41H52N6O9S. The Kier molecular flexibility index (Phi) is 10.5. The lowest BCUT2D eigenvalue weighted by Crippen LogP contribution is -2.68. The van der Waals surface area contributed by atoms with Crippen molar-refractivity contribution < 1.29 is 41.8 Å². The number of fused-ring (bicyclic) bond motifs is 5. The number of amides is 4. The van der Waals surface area contributed by atoms with Crippen LogP contribution in [0.3, 0.4) is 0 Å². The fourth-order valence-electron chi connectivity index (χ4n) is 7.92. The summed E-state index contributed by atoms with van der Waals surface area (Å²) in [4.78, 5) is 67.6. The van der Waals surface area contributed by atoms with Gasteiger partial charge in [0.05, 0.1) is 47.7 Å². The minimum absolute atomic E-state index is 0.0114. The van der Waals surface area contributed by atoms with E-state index in [9.17, 15) is 27.6 Å². The summed E-state index contributed by atoms with van der Waals surface area (Å²) in [5, 5.41) is 5.61. The molecule has 3 aliphatic heterocycles. The van der Waals surface area contributed by atoms with Crippen LogP contribution >= 0.6 is 0 Å². The third-order valence-electron chi connectivity index (χ3n) is 11.7. The van der Waals surface area contributed by atoms with Crippen LogP contribution in [0.5, 0.6) is 11.6 Å². The third kappa shape index (κ3) is 7.87. The van der Waals surface area contributed by atoms with Gasteiger partial charge in [-0.05, 0) is 70.3 Å². The molecule has 5 heterocycles. The molecular weight excluding hydrogens is 753 g/mol. The predicted octanol–water partition coefficient (Wildman–Crippen LogP) is 3.76. The van der Waals surface area contributed by atoms with Gasteiger partial charge in [0.2, 0.25) is 27.7 Å². The van der Waals surface area contributed by atoms with Gasteiger partial charge in [-0.2, -0.15) is 0 Å². The standard InChI is InChI=1S/C41H52N6O9S/c1-25-33-27(32-28(42-25)14-15-31(44-32)54-6)17-18-40(56-33)22-30-34(48)45-41(36(50)46-57(52,53)39(5)20-21-39)19-16-26(41)12-10-8-7-9-11-13-29(35(49)47(30)23-40)43-37(51)55-24-38(2,3)4/h10,12,14-15,26,29-30H,7-9,11,13,17-18,20-24H2,1-6H3,(H,43,51)(H,45,48)(H,46,50). The van der Waals surface area contributed by atoms with Crippen molar-refractivity contribution in [1.29, 1.82) is 0 Å². The number of hydrogen-bond acceptors (Lipinski definition) is 11. The third-order valence-corrected chi connectivity index (χ3v) is 13.8. The molecule has 2 aliphatic carbocycles. The minimum Gasteiger partial charge on any atom is -0.483 e. The van der Waals surface area contributed by atoms with Gasteiger partial charge in [-0.1, -0.05) is 57.6 Å². The van der Waals surface area contributed by atoms with Crippen molar-refractivity contribution in [2.45, 2.75) is 127 Å². The molecule has 57 heavy (non-hydrogen) atoms. The largest absolute Gasteiger partial charge is 0.483 e. The van der Waals surface area contributed by atoms with Crippen LogP contribution in [-0.4, -0.2) is 95.3 Å². The molecule has 0 aromatic carbocycles. The second-order valence-electron chi connectivity index (χ2n) is 17.5. The summed E-state index contributed by atoms with van der Waals surface area (Å²) in [5.41, 5.74) is -0.510. The number of nitrogens with zero attached hydrogens (tertiary/aromatic N) is 3. The zero-order valence-corrected chi connectivity index (χ0v) is 34.3. The van der Waals surface area contributed by atoms with Gasteiger partial charge in [0.1, 0.15) is 23.4 Å². The highest BCUT2D eigenvalue weighted by Gasteiger charge is 2.58. The van der Waals surface area contributed by atoms with Crippen LogP contribution in [0.4, 0.5) is 4.79 Å². The van der Waals surface area contributed by atoms with E-state index in [1.807, 2.05) is 39.8 Å². The Morgan fingerprint density at radius 2 is 1.89 bits per heavy atom. The highest BCUT2D eigenvalue weighted by atomic mass is 32.2. The first-order valence-electron chi connectivity index (χ1n) is 19.7. The molecule has 0 bridgehead atoms. The van der Waals surface area contributed by atoms with Crippen molar-refractivity contribution in [3.63, 3.8) is 0 Å². The van der Waals surface area contributed by atoms with E-state index in [1.165, 1.54) is 12.0 Å². The molecule has 2 aromatic heterocycles. The van der Waals surface area contributed by atoms with Gasteiger partial charge in [-0.25, -0.2) is 27.9 Å². The summed E-state index contributed by atoms with van der Waals surface area (Å²) in [6, 6.07) is 1.37. The summed E-state index contributed by atoms with van der Waals surface area (Å²) in [7, 11) is -2.54. The highest BCUT2D eigenvalue weighted by molar-refractivity contribution is 7.91. The van der Waals surface area contributed by atoms with Crippen LogP contribution in [0.15, 0.2) is 24.3 Å². The Balaban J connectivity index is 1.25. The van der Waals surface area contributed by atoms with Crippen LogP contribution in [0.25, 0.3) is 11.0 Å². The zero-order chi connectivity index (χ0) is 41.0. The Labute approximate surface area is 333 Å². The average molecular weight is 805 g/mol. The summed E-state index contributed by atoms with van der Waals surface area (Å²) in [5.74, 6) is 3.72. The maximum atomic E-state index is 14.8. The summed E-state index contributed by atoms with van der Waals surface area (Å²) >= 11 is 0. The van der Waals surface area contributed by atoms with Crippen molar-refractivity contribution in [1.82, 2.24) is 30.2 Å². The van der Waals surface area contributed by atoms with E-state index >= 15 is 0 Å². The maximum absolute atomic E-state index is 14.8. The molecule has 306 valence electrons. The quantitative estimate of drug-likeness (QED) is 0.284. The van der Waals surface area contributed by atoms with Gasteiger partial charge in [0.15, 0.2) is 5.54 Å². The molecule has 5 unspecified atom stereocenters. The molecule has 0 radical (unpaired) electrons. The fourth-order valence-corrected chi connectivity index (χ4v) is 9.21. The molecule has 2 fully saturated rings. The number of methoxy groups -OCH3 is 1. The number of allylic oxidation sites excluding steroid dienone is 1. The molecule has 15 nitrogen and oxygen atoms in total. The van der Waals surface area contributed by atoms with Crippen LogP contribution in [-0.2, 0) is 35.6 Å². The molecule has 16 heteroatoms. The smallest absolute Gasteiger partial charge is 0.407 e. The molecule has 5 atom stereocenters. The highest BCUT2D eigenvalue weighted by Crippen LogP contribution is 2.45. The van der Waals surface area contributed by atoms with E-state index in [-0.39, 0.29) is 25.0 Å². The number of aromatic nitrogens is 2. The summed E-state index contributed by atoms with van der Waals surface area (Å²) in [6.07, 6.45) is 7.62. The lowest BCUT2D eigenvalue weighted by Gasteiger charge is -2.38. The SMILES string of the molecule is COc1ccc2nc(C)c3c(c2n1)CCC1(CC2C(=O)NC4(C(=O)NS(=O)(=O)C5(C)CC5)C#CC4C=CCCCCCC(NC(=O)OCC(C)(C)C)C(=O)N2C1)O3. The first-order valence-corrected chi connectivity index (χ1v) is 21.2. The molecule has 3 N–H and O–H groups in total. The minimum atomic E-state index is -4.08. The van der Waals surface area contributed by atoms with Gasteiger partial charge in [0.25, 0.3) is 5.91 Å². The molecule has 4 amide bonds. The van der Waals surface area contributed by atoms with E-state index in [1.54, 1.807) is 19.1 Å². The van der Waals surface area contributed by atoms with Crippen molar-refractivity contribution in [2.24, 2.45) is 11.3 Å². The molecule has 2 aromatic rings. The molecule has 1 spiro atoms. The first-order chi connectivity index (χ1) is 26.9. The van der Waals surface area contributed by atoms with Gasteiger partial charge < -0.3 is 29.7 Å². The lowest BCUT2D eigenvalue weighted by molar-refractivity contribution is -0.142. The van der Waals surface area contributed by atoms with Crippen molar-refractivity contribution >= 4 is 44.9 Å². The first kappa shape index (κ1) is 40.3. The topological polar surface area (TPSA) is 195 Å². The number of alkyl carbamates (subject to hydrolysis) is 1. The van der Waals surface area contributed by atoms with E-state index in [0.717, 1.165) is 18.4 Å². The number of carbonyl (C=O) groups excluding carboxylic acids is 4. The van der Waals surface area contributed by atoms with Crippen LogP contribution in [0.2, 0.25) is 0 Å². The number of rotatable bonds is 6. The lowest BCUT2D eigenvalue weighted by atomic mass is 9.75. The number of hydrogen-bond donors (Lipinski definition) is 3. The van der Waals surface area contributed by atoms with Crippen molar-refractivity contribution in [3.05, 3.63) is 35.5 Å². The molecule has 7 rings (SSSR count). The normalized spacial score (nSPS) is 28.1. The second kappa shape index (κ2) is 14.8. The molecule has 1 saturated heterocycles. The van der Waals surface area contributed by atoms with E-state index in [4.69, 9.17) is 19.2 Å². The summed E-state index contributed by atoms with van der Waals surface area (Å²) < 4.78 is 45.4. The number of carbonyl (C=O) groups is 4. The van der Waals surface area contributed by atoms with Gasteiger partial charge in [-0.3, -0.25) is 14.4 Å². The number of ether oxygens (including phenoxy) is 3. The van der Waals surface area contributed by atoms with E-state index < -0.39 is 67.7 Å². The van der Waals surface area contributed by atoms with Crippen molar-refractivity contribution in [3.8, 4) is 23.5 Å². The Morgan fingerprint density at radius 1 is 1.12 bits per heavy atom. The van der Waals surface area contributed by atoms with Gasteiger partial charge in [0, 0.05) is 18.1 Å². The van der Waals surface area contributed by atoms with Crippen LogP contribution in [0, 0.1) is 30.1 Å². The van der Waals surface area contributed by atoms with Crippen molar-refractivity contribution in [2.75, 3.05) is 20.3 Å². The summed E-state index contributed by atoms with van der Waals surface area (Å²) in [6.45, 7) is 9.30.